The zero-order valence-electron chi connectivity index (χ0n) is 19.6. The Kier molecular flexibility index (Phi) is 8.15. The number of nitrogens with zero attached hydrogens (tertiary/aromatic N) is 3. The van der Waals surface area contributed by atoms with Gasteiger partial charge in [0.1, 0.15) is 5.82 Å². The highest BCUT2D eigenvalue weighted by molar-refractivity contribution is 7.99. The van der Waals surface area contributed by atoms with E-state index in [1.54, 1.807) is 11.8 Å². The lowest BCUT2D eigenvalue weighted by Gasteiger charge is -2.19. The van der Waals surface area contributed by atoms with Crippen molar-refractivity contribution in [2.24, 2.45) is 0 Å². The Balaban J connectivity index is 1.34. The molecule has 0 aliphatic carbocycles. The van der Waals surface area contributed by atoms with Crippen molar-refractivity contribution >= 4 is 17.7 Å². The minimum absolute atomic E-state index is 0.0458. The smallest absolute Gasteiger partial charge is 0.220 e. The summed E-state index contributed by atoms with van der Waals surface area (Å²) in [6.07, 6.45) is 2.01. The van der Waals surface area contributed by atoms with Crippen molar-refractivity contribution in [2.75, 3.05) is 5.75 Å². The first-order chi connectivity index (χ1) is 16.6. The fourth-order valence-corrected chi connectivity index (χ4v) is 4.91. The average molecular weight is 471 g/mol. The molecule has 0 saturated heterocycles. The molecule has 4 aromatic rings. The number of amides is 1. The quantitative estimate of drug-likeness (QED) is 0.233. The van der Waals surface area contributed by atoms with Gasteiger partial charge in [0.05, 0.1) is 11.7 Å². The van der Waals surface area contributed by atoms with Gasteiger partial charge in [-0.2, -0.15) is 0 Å². The van der Waals surface area contributed by atoms with E-state index in [1.807, 2.05) is 55.5 Å². The van der Waals surface area contributed by atoms with Gasteiger partial charge in [-0.15, -0.1) is 10.2 Å². The van der Waals surface area contributed by atoms with Crippen LogP contribution in [-0.2, 0) is 11.2 Å². The Labute approximate surface area is 205 Å². The van der Waals surface area contributed by atoms with Crippen LogP contribution in [0.1, 0.15) is 41.4 Å². The van der Waals surface area contributed by atoms with Crippen molar-refractivity contribution in [3.8, 4) is 5.69 Å². The first-order valence-electron chi connectivity index (χ1n) is 11.6. The van der Waals surface area contributed by atoms with Crippen molar-refractivity contribution in [1.82, 2.24) is 20.1 Å². The summed E-state index contributed by atoms with van der Waals surface area (Å²) in [7, 11) is 0. The molecule has 1 aromatic heterocycles. The van der Waals surface area contributed by atoms with E-state index >= 15 is 0 Å². The van der Waals surface area contributed by atoms with Gasteiger partial charge in [0.25, 0.3) is 0 Å². The summed E-state index contributed by atoms with van der Waals surface area (Å²) in [6, 6.07) is 28.7. The normalized spacial score (nSPS) is 11.8. The van der Waals surface area contributed by atoms with E-state index in [1.165, 1.54) is 11.1 Å². The minimum atomic E-state index is -0.0458. The molecule has 1 unspecified atom stereocenters. The van der Waals surface area contributed by atoms with Gasteiger partial charge in [0.2, 0.25) is 5.91 Å². The number of thioether (sulfide) groups is 1. The maximum atomic E-state index is 12.8. The van der Waals surface area contributed by atoms with E-state index in [0.29, 0.717) is 6.42 Å². The van der Waals surface area contributed by atoms with E-state index in [9.17, 15) is 4.79 Å². The predicted octanol–water partition coefficient (Wildman–Crippen LogP) is 5.86. The first-order valence-corrected chi connectivity index (χ1v) is 12.6. The summed E-state index contributed by atoms with van der Waals surface area (Å²) >= 11 is 1.64. The van der Waals surface area contributed by atoms with Crippen LogP contribution in [0, 0.1) is 13.8 Å². The van der Waals surface area contributed by atoms with Crippen molar-refractivity contribution < 1.29 is 4.79 Å². The molecule has 0 radical (unpaired) electrons. The number of aryl methyl sites for hydroxylation is 2. The van der Waals surface area contributed by atoms with E-state index < -0.39 is 0 Å². The number of para-hydroxylation sites is 1. The van der Waals surface area contributed by atoms with E-state index in [-0.39, 0.29) is 11.9 Å². The molecule has 4 rings (SSSR count). The van der Waals surface area contributed by atoms with Gasteiger partial charge in [-0.1, -0.05) is 90.6 Å². The third-order valence-electron chi connectivity index (χ3n) is 5.75. The molecule has 5 nitrogen and oxygen atoms in total. The molecule has 174 valence electrons. The highest BCUT2D eigenvalue weighted by atomic mass is 32.2. The number of nitrogens with one attached hydrogen (secondary N) is 1. The summed E-state index contributed by atoms with van der Waals surface area (Å²) in [5.74, 6) is 1.73. The number of aromatic nitrogens is 3. The fraction of sp³-hybridized carbons (Fsp3) is 0.250. The van der Waals surface area contributed by atoms with Crippen LogP contribution in [0.3, 0.4) is 0 Å². The van der Waals surface area contributed by atoms with E-state index in [0.717, 1.165) is 40.8 Å². The molecule has 34 heavy (non-hydrogen) atoms. The largest absolute Gasteiger partial charge is 0.349 e. The zero-order valence-corrected chi connectivity index (χ0v) is 20.5. The summed E-state index contributed by atoms with van der Waals surface area (Å²) in [5.41, 5.74) is 4.60. The van der Waals surface area contributed by atoms with Crippen LogP contribution in [0.15, 0.2) is 90.1 Å². The maximum absolute atomic E-state index is 12.8. The van der Waals surface area contributed by atoms with Crippen molar-refractivity contribution in [1.29, 1.82) is 0 Å². The Morgan fingerprint density at radius 2 is 1.59 bits per heavy atom. The van der Waals surface area contributed by atoms with Crippen LogP contribution in [0.2, 0.25) is 0 Å². The average Bonchev–Trinajstić information content (AvgIpc) is 3.23. The zero-order chi connectivity index (χ0) is 23.8. The second-order valence-corrected chi connectivity index (χ2v) is 9.39. The van der Waals surface area contributed by atoms with Crippen molar-refractivity contribution in [3.05, 3.63) is 107 Å². The van der Waals surface area contributed by atoms with Gasteiger partial charge in [0, 0.05) is 12.2 Å². The van der Waals surface area contributed by atoms with Gasteiger partial charge < -0.3 is 5.32 Å². The Morgan fingerprint density at radius 1 is 0.912 bits per heavy atom. The summed E-state index contributed by atoms with van der Waals surface area (Å²) < 4.78 is 2.09. The molecule has 1 amide bonds. The molecule has 0 aliphatic heterocycles. The molecule has 6 heteroatoms. The summed E-state index contributed by atoms with van der Waals surface area (Å²) in [5, 5.41) is 12.7. The number of hydrogen-bond acceptors (Lipinski definition) is 4. The van der Waals surface area contributed by atoms with Gasteiger partial charge in [0.15, 0.2) is 5.16 Å². The van der Waals surface area contributed by atoms with Crippen LogP contribution in [-0.4, -0.2) is 26.4 Å². The summed E-state index contributed by atoms with van der Waals surface area (Å²) in [4.78, 5) is 12.8. The SMILES string of the molecule is Cc1ccccc1-n1c(C)nnc1SCCCC(=O)NC(Cc1ccccc1)c1ccccc1. The number of rotatable bonds is 10. The minimum Gasteiger partial charge on any atom is -0.349 e. The monoisotopic (exact) mass is 470 g/mol. The Morgan fingerprint density at radius 3 is 2.32 bits per heavy atom. The highest BCUT2D eigenvalue weighted by Crippen LogP contribution is 2.25. The molecule has 0 bridgehead atoms. The van der Waals surface area contributed by atoms with Gasteiger partial charge in [-0.05, 0) is 49.4 Å². The number of hydrogen-bond donors (Lipinski definition) is 1. The molecule has 0 fully saturated rings. The molecular formula is C28H30N4OS. The molecule has 1 N–H and O–H groups in total. The predicted molar refractivity (Wildman–Crippen MR) is 138 cm³/mol. The Hall–Kier alpha value is -3.38. The lowest BCUT2D eigenvalue weighted by molar-refractivity contribution is -0.121. The molecule has 0 saturated carbocycles. The molecule has 0 spiro atoms. The maximum Gasteiger partial charge on any atom is 0.220 e. The van der Waals surface area contributed by atoms with Gasteiger partial charge in [-0.25, -0.2) is 0 Å². The second kappa shape index (κ2) is 11.7. The third-order valence-corrected chi connectivity index (χ3v) is 6.77. The first kappa shape index (κ1) is 23.8. The van der Waals surface area contributed by atoms with Crippen LogP contribution < -0.4 is 5.32 Å². The fourth-order valence-electron chi connectivity index (χ4n) is 3.98. The van der Waals surface area contributed by atoms with Gasteiger partial charge >= 0.3 is 0 Å². The van der Waals surface area contributed by atoms with Crippen LogP contribution >= 0.6 is 11.8 Å². The van der Waals surface area contributed by atoms with Crippen molar-refractivity contribution in [3.63, 3.8) is 0 Å². The highest BCUT2D eigenvalue weighted by Gasteiger charge is 2.16. The van der Waals surface area contributed by atoms with E-state index in [4.69, 9.17) is 0 Å². The topological polar surface area (TPSA) is 59.8 Å². The van der Waals surface area contributed by atoms with E-state index in [2.05, 4.69) is 63.4 Å². The lowest BCUT2D eigenvalue weighted by atomic mass is 9.98. The van der Waals surface area contributed by atoms with Crippen molar-refractivity contribution in [2.45, 2.75) is 44.3 Å². The molecule has 3 aromatic carbocycles. The number of benzene rings is 3. The molecular weight excluding hydrogens is 440 g/mol. The number of carbonyl (C=O) groups is 1. The lowest BCUT2D eigenvalue weighted by Crippen LogP contribution is -2.29. The molecule has 1 atom stereocenters. The van der Waals surface area contributed by atoms with Crippen LogP contribution in [0.5, 0.6) is 0 Å². The summed E-state index contributed by atoms with van der Waals surface area (Å²) in [6.45, 7) is 4.06. The second-order valence-electron chi connectivity index (χ2n) is 8.32. The molecule has 0 aliphatic rings. The van der Waals surface area contributed by atoms with Gasteiger partial charge in [-0.3, -0.25) is 9.36 Å². The molecule has 1 heterocycles. The Bertz CT molecular complexity index is 1210. The standard InChI is InChI=1S/C28H30N4OS/c1-21-12-9-10-17-26(21)32-22(2)30-31-28(32)34-19-11-18-27(33)29-25(24-15-7-4-8-16-24)20-23-13-5-3-6-14-23/h3-10,12-17,25H,11,18-20H2,1-2H3,(H,29,33). The third kappa shape index (κ3) is 6.14. The van der Waals surface area contributed by atoms with Crippen LogP contribution in [0.4, 0.5) is 0 Å². The van der Waals surface area contributed by atoms with Crippen LogP contribution in [0.25, 0.3) is 5.69 Å². The number of carbonyl (C=O) groups excluding carboxylic acids is 1.